The Morgan fingerprint density at radius 1 is 1.21 bits per heavy atom. The third kappa shape index (κ3) is 2.39. The number of hydrogen-bond acceptors (Lipinski definition) is 4. The second-order valence-electron chi connectivity index (χ2n) is 8.71. The molecule has 0 radical (unpaired) electrons. The molecule has 0 unspecified atom stereocenters. The summed E-state index contributed by atoms with van der Waals surface area (Å²) < 4.78 is 30.0. The maximum Gasteiger partial charge on any atom is 0.273 e. The number of rotatable bonds is 4. The molecule has 7 heteroatoms. The van der Waals surface area contributed by atoms with E-state index in [1.807, 2.05) is 16.8 Å². The van der Waals surface area contributed by atoms with Gasteiger partial charge in [0.25, 0.3) is 11.5 Å². The molecule has 7 rings (SSSR count). The molecule has 0 atom stereocenters. The van der Waals surface area contributed by atoms with Gasteiger partial charge in [-0.1, -0.05) is 18.2 Å². The summed E-state index contributed by atoms with van der Waals surface area (Å²) in [6.45, 7) is 0.401. The Morgan fingerprint density at radius 3 is 2.79 bits per heavy atom. The Kier molecular flexibility index (Phi) is 3.30. The minimum Gasteiger partial charge on any atom is -0.365 e. The molecule has 2 bridgehead atoms. The van der Waals surface area contributed by atoms with Gasteiger partial charge in [0, 0.05) is 36.3 Å². The Balaban J connectivity index is 1.35. The second-order valence-corrected chi connectivity index (χ2v) is 8.71. The predicted molar refractivity (Wildman–Crippen MR) is 105 cm³/mol. The van der Waals surface area contributed by atoms with Crippen LogP contribution in [0.1, 0.15) is 42.4 Å². The van der Waals surface area contributed by atoms with Crippen LogP contribution in [-0.4, -0.2) is 14.5 Å². The number of anilines is 1. The number of fused-ring (bicyclic) bond motifs is 2. The average molecular weight is 394 g/mol. The van der Waals surface area contributed by atoms with Gasteiger partial charge in [-0.05, 0) is 42.7 Å². The molecule has 148 valence electrons. The lowest BCUT2D eigenvalue weighted by Gasteiger charge is -2.62. The molecular weight excluding hydrogens is 374 g/mol. The van der Waals surface area contributed by atoms with E-state index in [1.54, 1.807) is 12.1 Å². The highest BCUT2D eigenvalue weighted by atomic mass is 19.3. The van der Waals surface area contributed by atoms with Crippen LogP contribution >= 0.6 is 0 Å². The number of hydrogen-bond donors (Lipinski definition) is 1. The van der Waals surface area contributed by atoms with Crippen LogP contribution in [0.5, 0.6) is 0 Å². The Morgan fingerprint density at radius 2 is 2.03 bits per heavy atom. The first-order chi connectivity index (χ1) is 14.0. The zero-order chi connectivity index (χ0) is 19.8. The first-order valence-corrected chi connectivity index (χ1v) is 10.1. The zero-order valence-corrected chi connectivity index (χ0v) is 15.8. The van der Waals surface area contributed by atoms with Gasteiger partial charge in [-0.2, -0.15) is 0 Å². The average Bonchev–Trinajstić information content (AvgIpc) is 2.94. The van der Waals surface area contributed by atoms with E-state index in [0.717, 1.165) is 41.7 Å². The van der Waals surface area contributed by atoms with Gasteiger partial charge in [0.05, 0.1) is 10.9 Å². The Labute approximate surface area is 165 Å². The summed E-state index contributed by atoms with van der Waals surface area (Å²) in [5, 5.41) is 4.08. The number of alkyl halides is 2. The molecule has 2 aromatic heterocycles. The molecular formula is C22H20F2N4O. The van der Waals surface area contributed by atoms with E-state index in [-0.39, 0.29) is 23.1 Å². The Bertz CT molecular complexity index is 1200. The van der Waals surface area contributed by atoms with E-state index in [9.17, 15) is 13.6 Å². The van der Waals surface area contributed by atoms with Crippen LogP contribution in [0.2, 0.25) is 0 Å². The van der Waals surface area contributed by atoms with Crippen molar-refractivity contribution < 1.29 is 8.78 Å². The van der Waals surface area contributed by atoms with E-state index >= 15 is 0 Å². The molecule has 2 heterocycles. The quantitative estimate of drug-likeness (QED) is 0.728. The maximum atomic E-state index is 14.1. The summed E-state index contributed by atoms with van der Waals surface area (Å²) in [4.78, 5) is 21.2. The summed E-state index contributed by atoms with van der Waals surface area (Å²) in [5.74, 6) is -1.36. The number of aromatic nitrogens is 3. The lowest BCUT2D eigenvalue weighted by molar-refractivity contribution is -0.0911. The third-order valence-corrected chi connectivity index (χ3v) is 6.99. The topological polar surface area (TPSA) is 59.8 Å². The van der Waals surface area contributed by atoms with Gasteiger partial charge in [-0.15, -0.1) is 0 Å². The minimum atomic E-state index is -2.74. The first kappa shape index (κ1) is 17.1. The van der Waals surface area contributed by atoms with Crippen molar-refractivity contribution in [1.29, 1.82) is 0 Å². The van der Waals surface area contributed by atoms with Crippen LogP contribution in [0.4, 0.5) is 14.6 Å². The first-order valence-electron chi connectivity index (χ1n) is 10.1. The van der Waals surface area contributed by atoms with Crippen molar-refractivity contribution in [3.63, 3.8) is 0 Å². The zero-order valence-electron chi connectivity index (χ0n) is 15.8. The van der Waals surface area contributed by atoms with Gasteiger partial charge in [0.15, 0.2) is 0 Å². The Hall–Kier alpha value is -2.83. The molecule has 0 amide bonds. The molecule has 3 saturated carbocycles. The molecule has 3 fully saturated rings. The molecule has 4 aliphatic rings. The fraction of sp³-hybridized carbons (Fsp3) is 0.409. The van der Waals surface area contributed by atoms with Crippen LogP contribution in [0, 0.1) is 5.92 Å². The summed E-state index contributed by atoms with van der Waals surface area (Å²) in [5.41, 5.74) is 2.29. The largest absolute Gasteiger partial charge is 0.365 e. The van der Waals surface area contributed by atoms with Gasteiger partial charge in [0.2, 0.25) is 0 Å². The van der Waals surface area contributed by atoms with Crippen molar-refractivity contribution in [2.75, 3.05) is 5.32 Å². The summed E-state index contributed by atoms with van der Waals surface area (Å²) in [7, 11) is 0. The summed E-state index contributed by atoms with van der Waals surface area (Å²) in [6.07, 6.45) is 6.76. The van der Waals surface area contributed by atoms with Gasteiger partial charge in [-0.3, -0.25) is 4.79 Å². The van der Waals surface area contributed by atoms with Crippen LogP contribution < -0.4 is 10.9 Å². The molecule has 1 N–H and O–H groups in total. The summed E-state index contributed by atoms with van der Waals surface area (Å²) >= 11 is 0. The van der Waals surface area contributed by atoms with E-state index in [4.69, 9.17) is 0 Å². The van der Waals surface area contributed by atoms with Crippen molar-refractivity contribution in [2.45, 2.75) is 50.1 Å². The molecule has 0 aliphatic heterocycles. The lowest BCUT2D eigenvalue weighted by atomic mass is 9.49. The predicted octanol–water partition coefficient (Wildman–Crippen LogP) is 3.95. The van der Waals surface area contributed by atoms with Crippen LogP contribution in [-0.2, 0) is 24.4 Å². The van der Waals surface area contributed by atoms with Gasteiger partial charge in [-0.25, -0.2) is 18.7 Å². The molecule has 5 nitrogen and oxygen atoms in total. The van der Waals surface area contributed by atoms with Crippen molar-refractivity contribution >= 4 is 16.7 Å². The fourth-order valence-corrected chi connectivity index (χ4v) is 5.30. The number of halogens is 2. The molecule has 0 spiro atoms. The maximum absolute atomic E-state index is 14.1. The third-order valence-electron chi connectivity index (χ3n) is 6.99. The van der Waals surface area contributed by atoms with Crippen molar-refractivity contribution in [3.05, 3.63) is 63.8 Å². The summed E-state index contributed by atoms with van der Waals surface area (Å²) in [6, 6.07) is 6.67. The van der Waals surface area contributed by atoms with E-state index < -0.39 is 5.92 Å². The second kappa shape index (κ2) is 5.62. The molecule has 1 aromatic carbocycles. The van der Waals surface area contributed by atoms with Gasteiger partial charge in [0.1, 0.15) is 12.1 Å². The van der Waals surface area contributed by atoms with Gasteiger partial charge < -0.3 is 9.88 Å². The smallest absolute Gasteiger partial charge is 0.273 e. The van der Waals surface area contributed by atoms with Gasteiger partial charge >= 0.3 is 0 Å². The lowest BCUT2D eigenvalue weighted by Crippen LogP contribution is -2.61. The van der Waals surface area contributed by atoms with Crippen molar-refractivity contribution in [2.24, 2.45) is 5.92 Å². The number of pyridine rings is 1. The van der Waals surface area contributed by atoms with Crippen molar-refractivity contribution in [1.82, 2.24) is 14.5 Å². The molecule has 0 saturated heterocycles. The van der Waals surface area contributed by atoms with E-state index in [0.29, 0.717) is 24.3 Å². The van der Waals surface area contributed by atoms with Crippen molar-refractivity contribution in [3.8, 4) is 0 Å². The number of nitrogens with zero attached hydrogens (tertiary/aromatic N) is 3. The monoisotopic (exact) mass is 394 g/mol. The molecule has 4 aliphatic carbocycles. The fourth-order valence-electron chi connectivity index (χ4n) is 5.30. The standard InChI is InChI=1S/C22H20F2N4O/c23-22(24)5-4-15-14(2-1-3-17(15)22)10-25-20-16-11-28(21-7-13(8-21)9-21)19(29)6-18(16)26-12-27-20/h1-3,6,11-13H,4-5,7-10H2,(H,25,26,27). The molecule has 29 heavy (non-hydrogen) atoms. The minimum absolute atomic E-state index is 0.0190. The highest BCUT2D eigenvalue weighted by molar-refractivity contribution is 5.88. The number of nitrogens with one attached hydrogen (secondary N) is 1. The SMILES string of the molecule is O=c1cc2ncnc(NCc3cccc4c3CCC4(F)F)c2cn1C12CC(C1)C2. The highest BCUT2D eigenvalue weighted by Gasteiger charge is 2.58. The number of benzene rings is 1. The van der Waals surface area contributed by atoms with Crippen LogP contribution in [0.3, 0.4) is 0 Å². The van der Waals surface area contributed by atoms with Crippen LogP contribution in [0.15, 0.2) is 41.6 Å². The van der Waals surface area contributed by atoms with E-state index in [2.05, 4.69) is 15.3 Å². The molecule has 3 aromatic rings. The van der Waals surface area contributed by atoms with Crippen LogP contribution in [0.25, 0.3) is 10.9 Å². The normalized spacial score (nSPS) is 25.9. The van der Waals surface area contributed by atoms with E-state index in [1.165, 1.54) is 12.4 Å². The highest BCUT2D eigenvalue weighted by Crippen LogP contribution is 2.61.